The number of likely N-dealkylation sites (N-methyl/N-ethyl adjacent to an activating group) is 1. The van der Waals surface area contributed by atoms with Gasteiger partial charge in [0.2, 0.25) is 0 Å². The second-order valence-electron chi connectivity index (χ2n) is 9.99. The Labute approximate surface area is 249 Å². The molecule has 1 aromatic carbocycles. The first-order valence-corrected chi connectivity index (χ1v) is 14.6. The Balaban J connectivity index is 0.00000157. The van der Waals surface area contributed by atoms with Crippen molar-refractivity contribution in [1.29, 1.82) is 0 Å². The van der Waals surface area contributed by atoms with Crippen molar-refractivity contribution < 1.29 is 14.3 Å². The molecule has 0 aliphatic carbocycles. The molecule has 41 heavy (non-hydrogen) atoms. The molecular formula is C32H54N6O3. The van der Waals surface area contributed by atoms with E-state index < -0.39 is 0 Å². The number of rotatable bonds is 14. The van der Waals surface area contributed by atoms with Gasteiger partial charge in [0.15, 0.2) is 0 Å². The zero-order chi connectivity index (χ0) is 30.3. The lowest BCUT2D eigenvalue weighted by atomic mass is 10.1. The number of ether oxygens (including phenoxy) is 2. The molecule has 0 atom stereocenters. The third-order valence-corrected chi connectivity index (χ3v) is 6.76. The van der Waals surface area contributed by atoms with E-state index in [0.717, 1.165) is 77.1 Å². The molecule has 2 fully saturated rings. The predicted molar refractivity (Wildman–Crippen MR) is 173 cm³/mol. The number of nitrogens with zero attached hydrogens (tertiary/aromatic N) is 5. The Bertz CT molecular complexity index is 891. The van der Waals surface area contributed by atoms with E-state index in [9.17, 15) is 0 Å². The molecule has 9 nitrogen and oxygen atoms in total. The fourth-order valence-electron chi connectivity index (χ4n) is 4.71. The first kappa shape index (κ1) is 36.0. The standard InChI is InChI=1S/C28H46N6O2.C3H6.CH2O/c1-5-6-13-31(4)24-32-14-16-33(17-15-32)26-7-9-27(10-8-26)36-23-25(22-30-3)28(11-12-29-2)34-18-20-35-21-19-34;1-3-2;1-2/h7-12,30H,2,5-6,13-24H2,1,3-4H3;3H,1H2,2H3;1H2/b12-11-,28-25-;;. The Hall–Kier alpha value is -2.98. The summed E-state index contributed by atoms with van der Waals surface area (Å²) in [6.45, 7) is 24.1. The Kier molecular flexibility index (Phi) is 19.9. The molecule has 3 rings (SSSR count). The maximum Gasteiger partial charge on any atom is 0.119 e. The van der Waals surface area contributed by atoms with Crippen molar-refractivity contribution >= 4 is 19.2 Å². The molecule has 0 amide bonds. The van der Waals surface area contributed by atoms with Crippen molar-refractivity contribution in [3.63, 3.8) is 0 Å². The summed E-state index contributed by atoms with van der Waals surface area (Å²) in [4.78, 5) is 21.7. The average molecular weight is 571 g/mol. The molecule has 1 aromatic rings. The van der Waals surface area contributed by atoms with E-state index in [4.69, 9.17) is 14.3 Å². The number of unbranched alkanes of at least 4 members (excludes halogenated alkanes) is 1. The molecule has 230 valence electrons. The van der Waals surface area contributed by atoms with Gasteiger partial charge in [0, 0.05) is 69.0 Å². The summed E-state index contributed by atoms with van der Waals surface area (Å²) in [6.07, 6.45) is 8.05. The third kappa shape index (κ3) is 14.0. The van der Waals surface area contributed by atoms with Crippen molar-refractivity contribution in [3.8, 4) is 5.75 Å². The molecule has 9 heteroatoms. The van der Waals surface area contributed by atoms with Crippen molar-refractivity contribution in [2.45, 2.75) is 26.7 Å². The van der Waals surface area contributed by atoms with Crippen LogP contribution in [0.25, 0.3) is 0 Å². The Morgan fingerprint density at radius 1 is 1.12 bits per heavy atom. The van der Waals surface area contributed by atoms with Gasteiger partial charge in [-0.1, -0.05) is 19.4 Å². The Morgan fingerprint density at radius 2 is 1.76 bits per heavy atom. The molecule has 0 unspecified atom stereocenters. The van der Waals surface area contributed by atoms with E-state index >= 15 is 0 Å². The monoisotopic (exact) mass is 570 g/mol. The fourth-order valence-corrected chi connectivity index (χ4v) is 4.71. The molecular weight excluding hydrogens is 516 g/mol. The summed E-state index contributed by atoms with van der Waals surface area (Å²) in [5, 5.41) is 3.29. The number of aliphatic imine (C=N–C) groups is 1. The van der Waals surface area contributed by atoms with Crippen LogP contribution in [-0.4, -0.2) is 121 Å². The van der Waals surface area contributed by atoms with Gasteiger partial charge in [0.25, 0.3) is 0 Å². The number of allylic oxidation sites excluding steroid dienone is 2. The lowest BCUT2D eigenvalue weighted by Gasteiger charge is -2.37. The summed E-state index contributed by atoms with van der Waals surface area (Å²) >= 11 is 0. The number of benzene rings is 1. The first-order valence-electron chi connectivity index (χ1n) is 14.6. The number of piperazine rings is 1. The summed E-state index contributed by atoms with van der Waals surface area (Å²) in [5.41, 5.74) is 3.58. The maximum atomic E-state index is 8.00. The minimum Gasteiger partial charge on any atom is -0.489 e. The molecule has 2 aliphatic rings. The van der Waals surface area contributed by atoms with Crippen LogP contribution in [0.4, 0.5) is 5.69 Å². The van der Waals surface area contributed by atoms with Gasteiger partial charge in [-0.3, -0.25) is 14.8 Å². The smallest absolute Gasteiger partial charge is 0.119 e. The highest BCUT2D eigenvalue weighted by Gasteiger charge is 2.19. The number of hydrogen-bond donors (Lipinski definition) is 1. The van der Waals surface area contributed by atoms with Gasteiger partial charge in [-0.25, -0.2) is 0 Å². The molecule has 0 bridgehead atoms. The summed E-state index contributed by atoms with van der Waals surface area (Å²) < 4.78 is 11.8. The number of hydrogen-bond acceptors (Lipinski definition) is 9. The normalized spacial score (nSPS) is 16.3. The van der Waals surface area contributed by atoms with Crippen molar-refractivity contribution in [1.82, 2.24) is 20.0 Å². The van der Waals surface area contributed by atoms with Crippen LogP contribution in [-0.2, 0) is 9.53 Å². The van der Waals surface area contributed by atoms with Crippen LogP contribution >= 0.6 is 0 Å². The molecule has 0 saturated carbocycles. The van der Waals surface area contributed by atoms with Gasteiger partial charge < -0.3 is 29.4 Å². The average Bonchev–Trinajstić information content (AvgIpc) is 3.01. The van der Waals surface area contributed by atoms with Gasteiger partial charge in [0.1, 0.15) is 19.1 Å². The minimum absolute atomic E-state index is 0.512. The van der Waals surface area contributed by atoms with Gasteiger partial charge in [-0.05, 0) is 71.0 Å². The number of morpholine rings is 1. The lowest BCUT2D eigenvalue weighted by molar-refractivity contribution is -0.0980. The van der Waals surface area contributed by atoms with Crippen LogP contribution in [0.5, 0.6) is 5.75 Å². The van der Waals surface area contributed by atoms with Crippen LogP contribution in [0.2, 0.25) is 0 Å². The molecule has 1 N–H and O–H groups in total. The zero-order valence-corrected chi connectivity index (χ0v) is 26.0. The highest BCUT2D eigenvalue weighted by molar-refractivity contribution is 5.49. The van der Waals surface area contributed by atoms with Crippen LogP contribution in [0.3, 0.4) is 0 Å². The summed E-state index contributed by atoms with van der Waals surface area (Å²) in [6, 6.07) is 8.55. The topological polar surface area (TPSA) is 72.9 Å². The predicted octanol–water partition coefficient (Wildman–Crippen LogP) is 3.90. The molecule has 0 spiro atoms. The van der Waals surface area contributed by atoms with E-state index in [2.05, 4.69) is 81.4 Å². The van der Waals surface area contributed by atoms with Crippen LogP contribution in [0.15, 0.2) is 65.5 Å². The lowest BCUT2D eigenvalue weighted by Crippen LogP contribution is -2.49. The molecule has 2 aliphatic heterocycles. The van der Waals surface area contributed by atoms with Crippen LogP contribution in [0.1, 0.15) is 26.7 Å². The Morgan fingerprint density at radius 3 is 2.32 bits per heavy atom. The second-order valence-corrected chi connectivity index (χ2v) is 9.99. The fraction of sp³-hybridized carbons (Fsp3) is 0.562. The number of nitrogens with one attached hydrogen (secondary N) is 1. The second kappa shape index (κ2) is 22.7. The van der Waals surface area contributed by atoms with E-state index in [1.807, 2.05) is 26.8 Å². The zero-order valence-electron chi connectivity index (χ0n) is 26.0. The summed E-state index contributed by atoms with van der Waals surface area (Å²) in [5.74, 6) is 0.885. The van der Waals surface area contributed by atoms with Gasteiger partial charge in [-0.2, -0.15) is 0 Å². The maximum absolute atomic E-state index is 8.00. The quantitative estimate of drug-likeness (QED) is 0.205. The highest BCUT2D eigenvalue weighted by atomic mass is 16.5. The molecule has 2 heterocycles. The largest absolute Gasteiger partial charge is 0.489 e. The van der Waals surface area contributed by atoms with E-state index in [0.29, 0.717) is 6.61 Å². The van der Waals surface area contributed by atoms with E-state index in [1.54, 1.807) is 12.3 Å². The summed E-state index contributed by atoms with van der Waals surface area (Å²) in [7, 11) is 4.19. The van der Waals surface area contributed by atoms with Gasteiger partial charge in [-0.15, -0.1) is 6.58 Å². The van der Waals surface area contributed by atoms with Gasteiger partial charge in [0.05, 0.1) is 19.9 Å². The number of carbonyl (C=O) groups excluding carboxylic acids is 1. The van der Waals surface area contributed by atoms with Crippen LogP contribution < -0.4 is 15.0 Å². The third-order valence-electron chi connectivity index (χ3n) is 6.76. The van der Waals surface area contributed by atoms with Crippen LogP contribution in [0, 0.1) is 0 Å². The minimum atomic E-state index is 0.512. The van der Waals surface area contributed by atoms with Crippen molar-refractivity contribution in [3.05, 3.63) is 60.5 Å². The molecule has 0 aromatic heterocycles. The highest BCUT2D eigenvalue weighted by Crippen LogP contribution is 2.22. The van der Waals surface area contributed by atoms with Crippen molar-refractivity contribution in [2.75, 3.05) is 97.8 Å². The SMILES string of the molecule is C=CC.C=N/C=C\C(=C(/CNC)COc1ccc(N2CCN(CN(C)CCCC)CC2)cc1)N1CCOCC1.C=O. The van der Waals surface area contributed by atoms with Gasteiger partial charge >= 0.3 is 0 Å². The molecule has 0 radical (unpaired) electrons. The number of anilines is 1. The van der Waals surface area contributed by atoms with Crippen molar-refractivity contribution in [2.24, 2.45) is 4.99 Å². The van der Waals surface area contributed by atoms with E-state index in [1.165, 1.54) is 30.6 Å². The molecule has 2 saturated heterocycles. The van der Waals surface area contributed by atoms with E-state index in [-0.39, 0.29) is 0 Å². The first-order chi connectivity index (χ1) is 20.1. The number of carbonyl (C=O) groups is 1.